The molecule has 1 saturated heterocycles. The van der Waals surface area contributed by atoms with Crippen LogP contribution in [0.1, 0.15) is 31.9 Å². The molecule has 0 aliphatic carbocycles. The van der Waals surface area contributed by atoms with Crippen molar-refractivity contribution in [3.8, 4) is 5.69 Å². The van der Waals surface area contributed by atoms with Crippen LogP contribution in [0, 0.1) is 0 Å². The highest BCUT2D eigenvalue weighted by Crippen LogP contribution is 2.35. The zero-order valence-corrected chi connectivity index (χ0v) is 21.2. The Morgan fingerprint density at radius 2 is 1.88 bits per heavy atom. The van der Waals surface area contributed by atoms with Crippen LogP contribution in [0.25, 0.3) is 16.6 Å². The first-order valence-electron chi connectivity index (χ1n) is 11.0. The Morgan fingerprint density at radius 1 is 1.21 bits per heavy atom. The fourth-order valence-corrected chi connectivity index (χ4v) is 5.08. The number of aryl methyl sites for hydroxylation is 2. The topological polar surface area (TPSA) is 78.7 Å². The van der Waals surface area contributed by atoms with E-state index in [1.54, 1.807) is 4.57 Å². The molecule has 2 aromatic carbocycles. The Bertz CT molecular complexity index is 1270. The Kier molecular flexibility index (Phi) is 6.68. The number of hydrogen-bond acceptors (Lipinski definition) is 4. The fraction of sp³-hybridized carbons (Fsp3) is 0.375. The van der Waals surface area contributed by atoms with E-state index in [0.29, 0.717) is 40.5 Å². The minimum absolute atomic E-state index is 0.141. The van der Waals surface area contributed by atoms with Crippen molar-refractivity contribution < 1.29 is 9.90 Å². The molecule has 0 saturated carbocycles. The summed E-state index contributed by atoms with van der Waals surface area (Å²) in [6, 6.07) is 9.66. The smallest absolute Gasteiger partial charge is 0.407 e. The molecule has 0 radical (unpaired) electrons. The first-order chi connectivity index (χ1) is 15.8. The molecule has 1 N–H and O–H groups in total. The van der Waals surface area contributed by atoms with Crippen LogP contribution in [-0.2, 0) is 12.8 Å². The normalized spacial score (nSPS) is 16.5. The van der Waals surface area contributed by atoms with Gasteiger partial charge in [-0.05, 0) is 59.0 Å². The van der Waals surface area contributed by atoms with E-state index in [0.717, 1.165) is 35.0 Å². The third-order valence-electron chi connectivity index (χ3n) is 6.27. The number of fused-ring (bicyclic) bond motifs is 1. The summed E-state index contributed by atoms with van der Waals surface area (Å²) in [4.78, 5) is 32.9. The molecule has 1 aliphatic heterocycles. The SMILES string of the molecule is CCc1cccc(CC)c1-n1c(=O)nc(N2CCN(C(=O)O)CC2C)c2cc(Cl)c(Br)cc21. The second-order valence-corrected chi connectivity index (χ2v) is 9.50. The highest BCUT2D eigenvalue weighted by atomic mass is 79.9. The second kappa shape index (κ2) is 9.35. The molecule has 1 amide bonds. The van der Waals surface area contributed by atoms with Gasteiger partial charge in [0.05, 0.1) is 16.2 Å². The predicted octanol–water partition coefficient (Wildman–Crippen LogP) is 5.11. The monoisotopic (exact) mass is 532 g/mol. The van der Waals surface area contributed by atoms with E-state index < -0.39 is 6.09 Å². The van der Waals surface area contributed by atoms with Crippen molar-refractivity contribution in [3.05, 3.63) is 61.4 Å². The number of piperazine rings is 1. The number of anilines is 1. The maximum absolute atomic E-state index is 13.6. The Morgan fingerprint density at radius 3 is 2.45 bits per heavy atom. The van der Waals surface area contributed by atoms with E-state index in [4.69, 9.17) is 11.6 Å². The average Bonchev–Trinajstić information content (AvgIpc) is 2.79. The summed E-state index contributed by atoms with van der Waals surface area (Å²) >= 11 is 10.0. The van der Waals surface area contributed by atoms with Gasteiger partial charge in [0.2, 0.25) is 0 Å². The van der Waals surface area contributed by atoms with Crippen molar-refractivity contribution in [1.82, 2.24) is 14.5 Å². The van der Waals surface area contributed by atoms with Crippen molar-refractivity contribution in [1.29, 1.82) is 0 Å². The van der Waals surface area contributed by atoms with Gasteiger partial charge in [-0.25, -0.2) is 9.59 Å². The van der Waals surface area contributed by atoms with Crippen molar-refractivity contribution in [3.63, 3.8) is 0 Å². The lowest BCUT2D eigenvalue weighted by atomic mass is 10.0. The van der Waals surface area contributed by atoms with E-state index in [9.17, 15) is 14.7 Å². The average molecular weight is 534 g/mol. The highest BCUT2D eigenvalue weighted by molar-refractivity contribution is 9.10. The van der Waals surface area contributed by atoms with Gasteiger partial charge in [-0.15, -0.1) is 0 Å². The van der Waals surface area contributed by atoms with Crippen LogP contribution >= 0.6 is 27.5 Å². The molecule has 1 aromatic heterocycles. The van der Waals surface area contributed by atoms with Gasteiger partial charge in [-0.1, -0.05) is 43.6 Å². The van der Waals surface area contributed by atoms with Gasteiger partial charge in [-0.3, -0.25) is 4.57 Å². The summed E-state index contributed by atoms with van der Waals surface area (Å²) in [6.45, 7) is 7.21. The third kappa shape index (κ3) is 4.22. The molecule has 1 unspecified atom stereocenters. The molecule has 0 bridgehead atoms. The molecule has 9 heteroatoms. The number of carbonyl (C=O) groups is 1. The number of halogens is 2. The van der Waals surface area contributed by atoms with E-state index >= 15 is 0 Å². The standard InChI is InChI=1S/C24H26BrClN4O3/c1-4-15-7-6-8-16(5-2)21(15)30-20-12-18(25)19(26)11-17(20)22(27-23(30)31)29-10-9-28(24(32)33)13-14(29)3/h6-8,11-12,14H,4-5,9-10,13H2,1-3H3,(H,32,33). The van der Waals surface area contributed by atoms with Gasteiger partial charge < -0.3 is 14.9 Å². The number of carboxylic acid groups (broad SMARTS) is 1. The van der Waals surface area contributed by atoms with Crippen molar-refractivity contribution in [2.45, 2.75) is 39.7 Å². The lowest BCUT2D eigenvalue weighted by Crippen LogP contribution is -2.54. The van der Waals surface area contributed by atoms with Crippen molar-refractivity contribution in [2.75, 3.05) is 24.5 Å². The van der Waals surface area contributed by atoms with E-state index in [1.165, 1.54) is 4.90 Å². The van der Waals surface area contributed by atoms with Crippen LogP contribution < -0.4 is 10.6 Å². The van der Waals surface area contributed by atoms with Crippen molar-refractivity contribution >= 4 is 50.3 Å². The molecular formula is C24H26BrClN4O3. The number of para-hydroxylation sites is 1. The minimum atomic E-state index is -0.940. The first-order valence-corrected chi connectivity index (χ1v) is 12.2. The number of rotatable bonds is 4. The van der Waals surface area contributed by atoms with Gasteiger partial charge in [0.15, 0.2) is 0 Å². The molecular weight excluding hydrogens is 508 g/mol. The molecule has 4 rings (SSSR count). The maximum atomic E-state index is 13.6. The van der Waals surface area contributed by atoms with Crippen LogP contribution in [0.4, 0.5) is 10.6 Å². The number of benzene rings is 2. The van der Waals surface area contributed by atoms with Gasteiger partial charge in [-0.2, -0.15) is 4.98 Å². The summed E-state index contributed by atoms with van der Waals surface area (Å²) in [6.07, 6.45) is 0.619. The largest absolute Gasteiger partial charge is 0.465 e. The number of nitrogens with zero attached hydrogens (tertiary/aromatic N) is 4. The fourth-order valence-electron chi connectivity index (χ4n) is 4.59. The zero-order chi connectivity index (χ0) is 23.9. The van der Waals surface area contributed by atoms with E-state index in [-0.39, 0.29) is 11.7 Å². The van der Waals surface area contributed by atoms with Crippen LogP contribution in [0.2, 0.25) is 5.02 Å². The van der Waals surface area contributed by atoms with Gasteiger partial charge in [0.25, 0.3) is 0 Å². The maximum Gasteiger partial charge on any atom is 0.407 e. The van der Waals surface area contributed by atoms with Crippen LogP contribution in [0.5, 0.6) is 0 Å². The molecule has 33 heavy (non-hydrogen) atoms. The van der Waals surface area contributed by atoms with Crippen LogP contribution in [-0.4, -0.2) is 51.3 Å². The summed E-state index contributed by atoms with van der Waals surface area (Å²) < 4.78 is 2.38. The van der Waals surface area contributed by atoms with Crippen LogP contribution in [0.15, 0.2) is 39.6 Å². The van der Waals surface area contributed by atoms with Crippen molar-refractivity contribution in [2.24, 2.45) is 0 Å². The third-order valence-corrected chi connectivity index (χ3v) is 7.47. The molecule has 174 valence electrons. The molecule has 3 aromatic rings. The van der Waals surface area contributed by atoms with Gasteiger partial charge in [0, 0.05) is 35.5 Å². The van der Waals surface area contributed by atoms with Crippen LogP contribution in [0.3, 0.4) is 0 Å². The van der Waals surface area contributed by atoms with E-state index in [1.807, 2.05) is 42.2 Å². The summed E-state index contributed by atoms with van der Waals surface area (Å²) in [5.74, 6) is 0.533. The Labute approximate surface area is 205 Å². The van der Waals surface area contributed by atoms with Gasteiger partial charge >= 0.3 is 11.8 Å². The lowest BCUT2D eigenvalue weighted by molar-refractivity contribution is 0.136. The molecule has 1 fully saturated rings. The second-order valence-electron chi connectivity index (χ2n) is 8.24. The molecule has 1 aliphatic rings. The number of aromatic nitrogens is 2. The minimum Gasteiger partial charge on any atom is -0.465 e. The summed E-state index contributed by atoms with van der Waals surface area (Å²) in [5, 5.41) is 10.6. The molecule has 7 nitrogen and oxygen atoms in total. The number of amides is 1. The summed E-state index contributed by atoms with van der Waals surface area (Å²) in [5.41, 5.74) is 3.36. The molecule has 1 atom stereocenters. The summed E-state index contributed by atoms with van der Waals surface area (Å²) in [7, 11) is 0. The Hall–Kier alpha value is -2.58. The van der Waals surface area contributed by atoms with Gasteiger partial charge in [0.1, 0.15) is 5.82 Å². The van der Waals surface area contributed by atoms with E-state index in [2.05, 4.69) is 34.8 Å². The lowest BCUT2D eigenvalue weighted by Gasteiger charge is -2.39. The highest BCUT2D eigenvalue weighted by Gasteiger charge is 2.30. The Balaban J connectivity index is 1.99. The predicted molar refractivity (Wildman–Crippen MR) is 135 cm³/mol. The number of hydrogen-bond donors (Lipinski definition) is 1. The first kappa shape index (κ1) is 23.6. The quantitative estimate of drug-likeness (QED) is 0.504. The molecule has 2 heterocycles. The zero-order valence-electron chi connectivity index (χ0n) is 18.8. The molecule has 0 spiro atoms.